The Morgan fingerprint density at radius 3 is 2.89 bits per heavy atom. The second-order valence-electron chi connectivity index (χ2n) is 4.48. The molecule has 0 aliphatic carbocycles. The molecule has 2 aromatic heterocycles. The number of aromatic nitrogens is 4. The molecule has 19 heavy (non-hydrogen) atoms. The van der Waals surface area contributed by atoms with Gasteiger partial charge >= 0.3 is 0 Å². The van der Waals surface area contributed by atoms with Gasteiger partial charge in [0.1, 0.15) is 12.4 Å². The lowest BCUT2D eigenvalue weighted by atomic mass is 10.1. The minimum Gasteiger partial charge on any atom is -0.337 e. The zero-order valence-electron chi connectivity index (χ0n) is 10.9. The molecule has 0 spiro atoms. The van der Waals surface area contributed by atoms with Gasteiger partial charge in [0.25, 0.3) is 0 Å². The number of hydrogen-bond donors (Lipinski definition) is 0. The topological polar surface area (TPSA) is 56.7 Å². The molecule has 0 saturated heterocycles. The molecule has 1 aromatic carbocycles. The molecular weight excluding hydrogens is 240 g/mol. The Hall–Kier alpha value is -2.43. The van der Waals surface area contributed by atoms with Gasteiger partial charge in [-0.05, 0) is 19.9 Å². The molecule has 0 fully saturated rings. The average molecular weight is 254 g/mol. The van der Waals surface area contributed by atoms with Crippen LogP contribution in [0.15, 0.2) is 41.2 Å². The Morgan fingerprint density at radius 1 is 1.26 bits per heavy atom. The second kappa shape index (κ2) is 4.68. The summed E-state index contributed by atoms with van der Waals surface area (Å²) >= 11 is 0. The van der Waals surface area contributed by atoms with E-state index in [0.717, 1.165) is 11.4 Å². The van der Waals surface area contributed by atoms with Gasteiger partial charge in [-0.25, -0.2) is 4.98 Å². The van der Waals surface area contributed by atoms with Crippen LogP contribution >= 0.6 is 0 Å². The lowest BCUT2D eigenvalue weighted by Crippen LogP contribution is -2.00. The molecule has 0 aliphatic heterocycles. The predicted molar refractivity (Wildman–Crippen MR) is 70.5 cm³/mol. The zero-order chi connectivity index (χ0) is 13.2. The van der Waals surface area contributed by atoms with Crippen LogP contribution in [0.2, 0.25) is 0 Å². The lowest BCUT2D eigenvalue weighted by molar-refractivity contribution is 0.370. The lowest BCUT2D eigenvalue weighted by Gasteiger charge is -1.98. The molecular formula is C14H14N4O. The zero-order valence-corrected chi connectivity index (χ0v) is 10.9. The van der Waals surface area contributed by atoms with Crippen molar-refractivity contribution in [3.05, 3.63) is 53.9 Å². The van der Waals surface area contributed by atoms with Gasteiger partial charge in [-0.2, -0.15) is 4.98 Å². The SMILES string of the molecule is Cc1cccc(-c2noc(Cn3ccnc3C)n2)c1. The minimum absolute atomic E-state index is 0.546. The highest BCUT2D eigenvalue weighted by Gasteiger charge is 2.09. The van der Waals surface area contributed by atoms with E-state index in [4.69, 9.17) is 4.52 Å². The molecule has 0 N–H and O–H groups in total. The first-order valence-electron chi connectivity index (χ1n) is 6.10. The van der Waals surface area contributed by atoms with E-state index in [1.807, 2.05) is 48.9 Å². The number of hydrogen-bond acceptors (Lipinski definition) is 4. The Labute approximate surface area is 110 Å². The maximum Gasteiger partial charge on any atom is 0.246 e. The van der Waals surface area contributed by atoms with E-state index in [1.54, 1.807) is 6.20 Å². The van der Waals surface area contributed by atoms with Crippen molar-refractivity contribution in [3.8, 4) is 11.4 Å². The van der Waals surface area contributed by atoms with Gasteiger partial charge in [0.2, 0.25) is 11.7 Å². The molecule has 96 valence electrons. The second-order valence-corrected chi connectivity index (χ2v) is 4.48. The van der Waals surface area contributed by atoms with Crippen LogP contribution in [0.25, 0.3) is 11.4 Å². The van der Waals surface area contributed by atoms with Crippen LogP contribution in [0.5, 0.6) is 0 Å². The van der Waals surface area contributed by atoms with Crippen molar-refractivity contribution in [3.63, 3.8) is 0 Å². The molecule has 0 saturated carbocycles. The van der Waals surface area contributed by atoms with Crippen LogP contribution < -0.4 is 0 Å². The summed E-state index contributed by atoms with van der Waals surface area (Å²) in [4.78, 5) is 8.57. The molecule has 3 rings (SSSR count). The highest BCUT2D eigenvalue weighted by atomic mass is 16.5. The van der Waals surface area contributed by atoms with Crippen molar-refractivity contribution < 1.29 is 4.52 Å². The van der Waals surface area contributed by atoms with Gasteiger partial charge in [-0.15, -0.1) is 0 Å². The van der Waals surface area contributed by atoms with E-state index in [1.165, 1.54) is 5.56 Å². The van der Waals surface area contributed by atoms with Gasteiger partial charge < -0.3 is 9.09 Å². The Morgan fingerprint density at radius 2 is 2.16 bits per heavy atom. The predicted octanol–water partition coefficient (Wildman–Crippen LogP) is 2.60. The summed E-state index contributed by atoms with van der Waals surface area (Å²) in [6.07, 6.45) is 3.65. The quantitative estimate of drug-likeness (QED) is 0.721. The van der Waals surface area contributed by atoms with Crippen LogP contribution in [-0.4, -0.2) is 19.7 Å². The van der Waals surface area contributed by atoms with Crippen LogP contribution in [-0.2, 0) is 6.54 Å². The van der Waals surface area contributed by atoms with Gasteiger partial charge in [0, 0.05) is 18.0 Å². The molecule has 0 aliphatic rings. The van der Waals surface area contributed by atoms with E-state index in [0.29, 0.717) is 18.3 Å². The van der Waals surface area contributed by atoms with E-state index in [2.05, 4.69) is 15.1 Å². The fraction of sp³-hybridized carbons (Fsp3) is 0.214. The Balaban J connectivity index is 1.86. The summed E-state index contributed by atoms with van der Waals surface area (Å²) in [6.45, 7) is 4.53. The first-order valence-corrected chi connectivity index (χ1v) is 6.10. The van der Waals surface area contributed by atoms with Crippen molar-refractivity contribution in [2.24, 2.45) is 0 Å². The fourth-order valence-corrected chi connectivity index (χ4v) is 1.94. The van der Waals surface area contributed by atoms with E-state index < -0.39 is 0 Å². The first-order chi connectivity index (χ1) is 9.22. The first kappa shape index (κ1) is 11.6. The summed E-state index contributed by atoms with van der Waals surface area (Å²) in [7, 11) is 0. The van der Waals surface area contributed by atoms with Crippen LogP contribution in [0.1, 0.15) is 17.3 Å². The van der Waals surface area contributed by atoms with Gasteiger partial charge in [-0.3, -0.25) is 0 Å². The summed E-state index contributed by atoms with van der Waals surface area (Å²) in [5.74, 6) is 2.13. The standard InChI is InChI=1S/C14H14N4O/c1-10-4-3-5-12(8-10)14-16-13(19-17-14)9-18-7-6-15-11(18)2/h3-8H,9H2,1-2H3. The molecule has 0 atom stereocenters. The van der Waals surface area contributed by atoms with E-state index in [-0.39, 0.29) is 0 Å². The Kier molecular flexibility index (Phi) is 2.87. The van der Waals surface area contributed by atoms with Crippen molar-refractivity contribution in [2.75, 3.05) is 0 Å². The van der Waals surface area contributed by atoms with Crippen molar-refractivity contribution in [2.45, 2.75) is 20.4 Å². The Bertz CT molecular complexity index is 699. The van der Waals surface area contributed by atoms with E-state index >= 15 is 0 Å². The van der Waals surface area contributed by atoms with Gasteiger partial charge in [0.15, 0.2) is 0 Å². The monoisotopic (exact) mass is 254 g/mol. The van der Waals surface area contributed by atoms with Crippen molar-refractivity contribution in [1.29, 1.82) is 0 Å². The third-order valence-corrected chi connectivity index (χ3v) is 2.97. The van der Waals surface area contributed by atoms with E-state index in [9.17, 15) is 0 Å². The van der Waals surface area contributed by atoms with Crippen LogP contribution in [0, 0.1) is 13.8 Å². The fourth-order valence-electron chi connectivity index (χ4n) is 1.94. The summed E-state index contributed by atoms with van der Waals surface area (Å²) in [5.41, 5.74) is 2.15. The number of aryl methyl sites for hydroxylation is 2. The number of rotatable bonds is 3. The number of imidazole rings is 1. The third-order valence-electron chi connectivity index (χ3n) is 2.97. The normalized spacial score (nSPS) is 10.8. The maximum absolute atomic E-state index is 5.28. The van der Waals surface area contributed by atoms with Gasteiger partial charge in [-0.1, -0.05) is 28.9 Å². The summed E-state index contributed by atoms with van der Waals surface area (Å²) in [6, 6.07) is 8.04. The molecule has 5 nitrogen and oxygen atoms in total. The molecule has 2 heterocycles. The van der Waals surface area contributed by atoms with Crippen LogP contribution in [0.4, 0.5) is 0 Å². The largest absolute Gasteiger partial charge is 0.337 e. The van der Waals surface area contributed by atoms with Crippen molar-refractivity contribution in [1.82, 2.24) is 19.7 Å². The highest BCUT2D eigenvalue weighted by molar-refractivity contribution is 5.55. The maximum atomic E-state index is 5.28. The molecule has 0 bridgehead atoms. The minimum atomic E-state index is 0.546. The molecule has 0 unspecified atom stereocenters. The molecule has 3 aromatic rings. The number of benzene rings is 1. The van der Waals surface area contributed by atoms with Crippen molar-refractivity contribution >= 4 is 0 Å². The third kappa shape index (κ3) is 2.40. The van der Waals surface area contributed by atoms with Crippen LogP contribution in [0.3, 0.4) is 0 Å². The average Bonchev–Trinajstić information content (AvgIpc) is 3.00. The highest BCUT2D eigenvalue weighted by Crippen LogP contribution is 2.17. The number of nitrogens with zero attached hydrogens (tertiary/aromatic N) is 4. The molecule has 0 radical (unpaired) electrons. The summed E-state index contributed by atoms with van der Waals surface area (Å²) < 4.78 is 7.24. The summed E-state index contributed by atoms with van der Waals surface area (Å²) in [5, 5.41) is 4.02. The molecule has 5 heteroatoms. The smallest absolute Gasteiger partial charge is 0.246 e. The van der Waals surface area contributed by atoms with Gasteiger partial charge in [0.05, 0.1) is 0 Å². The molecule has 0 amide bonds.